The molecule has 2 aromatic rings. The van der Waals surface area contributed by atoms with E-state index in [1.807, 2.05) is 23.1 Å². The SMILES string of the molecule is [C-]#[N+]c1ccc(OC2C(C)(C)C(N3Cc4cc(C#CCN5CC(OCC(=O)O)C5)ccc4C3=O)C2(C)C)cc1Cl. The van der Waals surface area contributed by atoms with Crippen LogP contribution in [0.5, 0.6) is 5.75 Å². The molecular formula is C31H32ClN3O5. The molecule has 5 rings (SSSR count). The van der Waals surface area contributed by atoms with Crippen LogP contribution in [0.2, 0.25) is 5.02 Å². The average molecular weight is 562 g/mol. The number of carbonyl (C=O) groups excluding carboxylic acids is 1. The Hall–Kier alpha value is -3.56. The molecule has 9 heteroatoms. The number of likely N-dealkylation sites (tertiary alicyclic amines) is 1. The summed E-state index contributed by atoms with van der Waals surface area (Å²) in [6.45, 7) is 17.9. The number of nitrogens with zero attached hydrogens (tertiary/aromatic N) is 3. The molecule has 1 saturated heterocycles. The molecule has 3 aliphatic rings. The van der Waals surface area contributed by atoms with Crippen LogP contribution in [-0.2, 0) is 16.1 Å². The smallest absolute Gasteiger partial charge is 0.329 e. The Kier molecular flexibility index (Phi) is 7.31. The summed E-state index contributed by atoms with van der Waals surface area (Å²) < 4.78 is 11.7. The van der Waals surface area contributed by atoms with Crippen LogP contribution in [0, 0.1) is 29.2 Å². The van der Waals surface area contributed by atoms with Crippen LogP contribution in [0.1, 0.15) is 49.2 Å². The number of benzene rings is 2. The number of hydrogen-bond acceptors (Lipinski definition) is 5. The molecule has 0 aromatic heterocycles. The zero-order valence-corrected chi connectivity index (χ0v) is 23.8. The molecule has 1 saturated carbocycles. The number of hydrogen-bond donors (Lipinski definition) is 1. The molecule has 2 fully saturated rings. The molecule has 1 N–H and O–H groups in total. The summed E-state index contributed by atoms with van der Waals surface area (Å²) in [6, 6.07) is 10.8. The maximum absolute atomic E-state index is 13.5. The van der Waals surface area contributed by atoms with Crippen molar-refractivity contribution in [2.45, 2.75) is 52.5 Å². The molecule has 2 aromatic carbocycles. The van der Waals surface area contributed by atoms with Crippen LogP contribution in [0.25, 0.3) is 4.85 Å². The summed E-state index contributed by atoms with van der Waals surface area (Å²) in [4.78, 5) is 31.6. The molecule has 1 amide bonds. The fourth-order valence-corrected chi connectivity index (χ4v) is 7.04. The van der Waals surface area contributed by atoms with Crippen molar-refractivity contribution in [1.29, 1.82) is 0 Å². The normalized spacial score (nSPS) is 22.8. The second-order valence-corrected chi connectivity index (χ2v) is 12.3. The van der Waals surface area contributed by atoms with E-state index in [9.17, 15) is 9.59 Å². The van der Waals surface area contributed by atoms with Crippen molar-refractivity contribution >= 4 is 29.2 Å². The van der Waals surface area contributed by atoms with Gasteiger partial charge in [-0.15, -0.1) is 0 Å². The van der Waals surface area contributed by atoms with Crippen LogP contribution in [-0.4, -0.2) is 71.3 Å². The van der Waals surface area contributed by atoms with Gasteiger partial charge in [-0.2, -0.15) is 0 Å². The lowest BCUT2D eigenvalue weighted by atomic mass is 9.49. The Morgan fingerprint density at radius 2 is 1.90 bits per heavy atom. The van der Waals surface area contributed by atoms with E-state index in [0.717, 1.165) is 11.1 Å². The van der Waals surface area contributed by atoms with Crippen LogP contribution in [0.3, 0.4) is 0 Å². The fourth-order valence-electron chi connectivity index (χ4n) is 6.83. The standard InChI is InChI=1S/C31H32ClN3O5/c1-30(2)28(31(3,4)29(30)40-21-9-11-25(33-5)24(32)14-21)35-15-20-13-19(8-10-23(20)27(35)38)7-6-12-34-16-22(17-34)39-18-26(36)37/h8-11,13-14,22,28-29H,12,15-18H2,1-4H3,(H,36,37). The molecular weight excluding hydrogens is 530 g/mol. The summed E-state index contributed by atoms with van der Waals surface area (Å²) in [5.41, 5.74) is 2.29. The van der Waals surface area contributed by atoms with Gasteiger partial charge >= 0.3 is 5.97 Å². The zero-order valence-electron chi connectivity index (χ0n) is 23.0. The Balaban J connectivity index is 1.23. The third-order valence-corrected chi connectivity index (χ3v) is 8.51. The van der Waals surface area contributed by atoms with Gasteiger partial charge in [0, 0.05) is 47.6 Å². The molecule has 0 bridgehead atoms. The molecule has 8 nitrogen and oxygen atoms in total. The van der Waals surface area contributed by atoms with Gasteiger partial charge in [-0.25, -0.2) is 9.64 Å². The minimum Gasteiger partial charge on any atom is -0.489 e. The first-order valence-electron chi connectivity index (χ1n) is 13.2. The molecule has 2 heterocycles. The molecule has 2 aliphatic heterocycles. The second-order valence-electron chi connectivity index (χ2n) is 11.9. The maximum Gasteiger partial charge on any atom is 0.329 e. The Labute approximate surface area is 239 Å². The van der Waals surface area contributed by atoms with Gasteiger partial charge in [-0.3, -0.25) is 9.69 Å². The Morgan fingerprint density at radius 1 is 1.18 bits per heavy atom. The van der Waals surface area contributed by atoms with E-state index in [-0.39, 0.29) is 41.6 Å². The minimum absolute atomic E-state index is 0.0246. The van der Waals surface area contributed by atoms with Crippen molar-refractivity contribution in [1.82, 2.24) is 9.80 Å². The summed E-state index contributed by atoms with van der Waals surface area (Å²) in [7, 11) is 0. The number of rotatable bonds is 7. The van der Waals surface area contributed by atoms with Gasteiger partial charge in [0.15, 0.2) is 0 Å². The van der Waals surface area contributed by atoms with Crippen LogP contribution in [0.15, 0.2) is 36.4 Å². The molecule has 0 unspecified atom stereocenters. The number of amides is 1. The first kappa shape index (κ1) is 28.0. The van der Waals surface area contributed by atoms with Gasteiger partial charge < -0.3 is 19.5 Å². The van der Waals surface area contributed by atoms with Crippen molar-refractivity contribution in [3.63, 3.8) is 0 Å². The summed E-state index contributed by atoms with van der Waals surface area (Å²) in [5.74, 6) is 6.06. The minimum atomic E-state index is -0.959. The van der Waals surface area contributed by atoms with E-state index >= 15 is 0 Å². The van der Waals surface area contributed by atoms with E-state index in [2.05, 4.69) is 49.3 Å². The number of fused-ring (bicyclic) bond motifs is 1. The van der Waals surface area contributed by atoms with Crippen molar-refractivity contribution < 1.29 is 24.2 Å². The zero-order chi connectivity index (χ0) is 28.8. The van der Waals surface area contributed by atoms with Crippen molar-refractivity contribution in [2.75, 3.05) is 26.2 Å². The molecule has 0 radical (unpaired) electrons. The Morgan fingerprint density at radius 3 is 2.55 bits per heavy atom. The first-order chi connectivity index (χ1) is 18.9. The van der Waals surface area contributed by atoms with Crippen LogP contribution < -0.4 is 4.74 Å². The van der Waals surface area contributed by atoms with Gasteiger partial charge in [0.25, 0.3) is 5.91 Å². The highest BCUT2D eigenvalue weighted by Crippen LogP contribution is 2.59. The van der Waals surface area contributed by atoms with E-state index < -0.39 is 5.97 Å². The number of carbonyl (C=O) groups is 2. The highest BCUT2D eigenvalue weighted by Gasteiger charge is 2.66. The van der Waals surface area contributed by atoms with E-state index in [0.29, 0.717) is 48.2 Å². The van der Waals surface area contributed by atoms with E-state index in [1.165, 1.54) is 0 Å². The van der Waals surface area contributed by atoms with Crippen LogP contribution in [0.4, 0.5) is 5.69 Å². The maximum atomic E-state index is 13.5. The summed E-state index contributed by atoms with van der Waals surface area (Å²) >= 11 is 6.23. The largest absolute Gasteiger partial charge is 0.489 e. The molecule has 40 heavy (non-hydrogen) atoms. The third kappa shape index (κ3) is 5.04. The van der Waals surface area contributed by atoms with Gasteiger partial charge in [-0.1, -0.05) is 57.2 Å². The third-order valence-electron chi connectivity index (χ3n) is 8.20. The van der Waals surface area contributed by atoms with Gasteiger partial charge in [0.1, 0.15) is 18.5 Å². The predicted molar refractivity (Wildman–Crippen MR) is 150 cm³/mol. The number of aliphatic carboxylic acids is 1. The second kappa shape index (κ2) is 10.4. The summed E-state index contributed by atoms with van der Waals surface area (Å²) in [6.07, 6.45) is -0.212. The molecule has 1 aliphatic carbocycles. The number of ether oxygens (including phenoxy) is 2. The van der Waals surface area contributed by atoms with Crippen LogP contribution >= 0.6 is 11.6 Å². The topological polar surface area (TPSA) is 83.7 Å². The molecule has 0 spiro atoms. The average Bonchev–Trinajstić information content (AvgIpc) is 3.17. The van der Waals surface area contributed by atoms with Gasteiger partial charge in [0.2, 0.25) is 5.69 Å². The number of halogens is 1. The first-order valence-corrected chi connectivity index (χ1v) is 13.6. The fraction of sp³-hybridized carbons (Fsp3) is 0.452. The van der Waals surface area contributed by atoms with E-state index in [4.69, 9.17) is 32.8 Å². The monoisotopic (exact) mass is 561 g/mol. The lowest BCUT2D eigenvalue weighted by Gasteiger charge is -2.65. The number of carboxylic acid groups (broad SMARTS) is 1. The van der Waals surface area contributed by atoms with Crippen molar-refractivity contribution in [2.24, 2.45) is 10.8 Å². The highest BCUT2D eigenvalue weighted by atomic mass is 35.5. The molecule has 0 atom stereocenters. The quantitative estimate of drug-likeness (QED) is 0.384. The molecule has 208 valence electrons. The lowest BCUT2D eigenvalue weighted by molar-refractivity contribution is -0.199. The van der Waals surface area contributed by atoms with Crippen molar-refractivity contribution in [3.05, 3.63) is 69.5 Å². The highest BCUT2D eigenvalue weighted by molar-refractivity contribution is 6.33. The van der Waals surface area contributed by atoms with E-state index in [1.54, 1.807) is 18.2 Å². The van der Waals surface area contributed by atoms with Gasteiger partial charge in [0.05, 0.1) is 24.2 Å². The van der Waals surface area contributed by atoms with Crippen molar-refractivity contribution in [3.8, 4) is 17.6 Å². The summed E-state index contributed by atoms with van der Waals surface area (Å²) in [5, 5.41) is 9.06. The van der Waals surface area contributed by atoms with Gasteiger partial charge in [-0.05, 0) is 35.9 Å². The Bertz CT molecular complexity index is 1450. The lowest BCUT2D eigenvalue weighted by Crippen LogP contribution is -2.74. The number of carboxylic acids is 1. The predicted octanol–water partition coefficient (Wildman–Crippen LogP) is 4.87.